The van der Waals surface area contributed by atoms with Gasteiger partial charge in [0, 0.05) is 5.02 Å². The van der Waals surface area contributed by atoms with Crippen LogP contribution in [-0.2, 0) is 0 Å². The van der Waals surface area contributed by atoms with E-state index in [0.29, 0.717) is 10.8 Å². The van der Waals surface area contributed by atoms with E-state index in [-0.39, 0.29) is 11.9 Å². The molecule has 0 amide bonds. The summed E-state index contributed by atoms with van der Waals surface area (Å²) in [6.07, 6.45) is 3.59. The highest BCUT2D eigenvalue weighted by molar-refractivity contribution is 7.17. The van der Waals surface area contributed by atoms with Crippen LogP contribution in [0.4, 0.5) is 0 Å². The van der Waals surface area contributed by atoms with Crippen LogP contribution in [0.25, 0.3) is 4.96 Å². The molecule has 126 valence electrons. The third kappa shape index (κ3) is 2.68. The molecule has 2 aromatic heterocycles. The predicted molar refractivity (Wildman–Crippen MR) is 96.0 cm³/mol. The molecule has 4 rings (SSSR count). The van der Waals surface area contributed by atoms with Gasteiger partial charge in [0.25, 0.3) is 0 Å². The number of nitrogens with zero attached hydrogens (tertiary/aromatic N) is 4. The summed E-state index contributed by atoms with van der Waals surface area (Å²) in [6, 6.07) is 7.82. The molecular weight excluding hydrogens is 344 g/mol. The Morgan fingerprint density at radius 2 is 1.96 bits per heavy atom. The Balaban J connectivity index is 1.86. The molecule has 1 atom stereocenters. The van der Waals surface area contributed by atoms with E-state index in [0.717, 1.165) is 28.6 Å². The minimum absolute atomic E-state index is 0.0622. The molecule has 0 radical (unpaired) electrons. The molecule has 24 heavy (non-hydrogen) atoms. The van der Waals surface area contributed by atoms with Crippen molar-refractivity contribution < 1.29 is 5.11 Å². The SMILES string of the molecule is Cc1nc2sc([C@@H](c3ccccc3Cl)N3CCCCC3)c(O)n2n1. The van der Waals surface area contributed by atoms with Crippen LogP contribution in [-0.4, -0.2) is 37.7 Å². The summed E-state index contributed by atoms with van der Waals surface area (Å²) in [4.78, 5) is 8.38. The number of thiazole rings is 1. The number of piperidine rings is 1. The van der Waals surface area contributed by atoms with Crippen LogP contribution in [0.2, 0.25) is 5.02 Å². The average Bonchev–Trinajstić information content (AvgIpc) is 3.09. The van der Waals surface area contributed by atoms with Crippen molar-refractivity contribution in [2.45, 2.75) is 32.2 Å². The monoisotopic (exact) mass is 362 g/mol. The highest BCUT2D eigenvalue weighted by Gasteiger charge is 2.31. The molecule has 1 aliphatic rings. The molecule has 3 heterocycles. The van der Waals surface area contributed by atoms with E-state index in [9.17, 15) is 5.11 Å². The van der Waals surface area contributed by atoms with Gasteiger partial charge in [-0.3, -0.25) is 4.90 Å². The van der Waals surface area contributed by atoms with Crippen molar-refractivity contribution in [3.8, 4) is 5.88 Å². The van der Waals surface area contributed by atoms with Crippen LogP contribution in [0, 0.1) is 6.92 Å². The molecule has 1 N–H and O–H groups in total. The topological polar surface area (TPSA) is 53.7 Å². The van der Waals surface area contributed by atoms with Gasteiger partial charge in [-0.15, -0.1) is 5.10 Å². The standard InChI is InChI=1S/C17H19ClN4OS/c1-11-19-17-22(20-11)16(23)15(24-17)14(21-9-5-2-6-10-21)12-7-3-4-8-13(12)18/h3-4,7-8,14,23H,2,5-6,9-10H2,1H3/t14-/m1/s1. The third-order valence-electron chi connectivity index (χ3n) is 4.51. The summed E-state index contributed by atoms with van der Waals surface area (Å²) in [5.41, 5.74) is 1.03. The van der Waals surface area contributed by atoms with E-state index in [1.54, 1.807) is 0 Å². The molecule has 0 spiro atoms. The summed E-state index contributed by atoms with van der Waals surface area (Å²) in [6.45, 7) is 3.83. The van der Waals surface area contributed by atoms with E-state index in [1.165, 1.54) is 35.1 Å². The molecular formula is C17H19ClN4OS. The summed E-state index contributed by atoms with van der Waals surface area (Å²) >= 11 is 7.99. The zero-order chi connectivity index (χ0) is 16.7. The molecule has 0 unspecified atom stereocenters. The molecule has 3 aromatic rings. The molecule has 0 saturated carbocycles. The number of halogens is 1. The Hall–Kier alpha value is -1.63. The Kier molecular flexibility index (Phi) is 4.20. The van der Waals surface area contributed by atoms with Crippen LogP contribution in [0.3, 0.4) is 0 Å². The van der Waals surface area contributed by atoms with Gasteiger partial charge in [0.15, 0.2) is 0 Å². The first-order chi connectivity index (χ1) is 11.6. The van der Waals surface area contributed by atoms with Gasteiger partial charge in [-0.25, -0.2) is 4.98 Å². The molecule has 1 saturated heterocycles. The Labute approximate surface area is 149 Å². The minimum Gasteiger partial charge on any atom is -0.492 e. The Morgan fingerprint density at radius 3 is 2.67 bits per heavy atom. The number of rotatable bonds is 3. The highest BCUT2D eigenvalue weighted by atomic mass is 35.5. The normalized spacial score (nSPS) is 17.4. The molecule has 1 aromatic carbocycles. The lowest BCUT2D eigenvalue weighted by molar-refractivity contribution is 0.186. The lowest BCUT2D eigenvalue weighted by atomic mass is 10.0. The van der Waals surface area contributed by atoms with E-state index < -0.39 is 0 Å². The van der Waals surface area contributed by atoms with Crippen molar-refractivity contribution in [3.05, 3.63) is 45.6 Å². The molecule has 0 bridgehead atoms. The van der Waals surface area contributed by atoms with Crippen molar-refractivity contribution >= 4 is 27.9 Å². The second kappa shape index (κ2) is 6.35. The zero-order valence-corrected chi connectivity index (χ0v) is 15.0. The van der Waals surface area contributed by atoms with E-state index >= 15 is 0 Å². The molecule has 5 nitrogen and oxygen atoms in total. The first-order valence-electron chi connectivity index (χ1n) is 8.18. The van der Waals surface area contributed by atoms with Crippen molar-refractivity contribution in [1.82, 2.24) is 19.5 Å². The fourth-order valence-electron chi connectivity index (χ4n) is 3.40. The van der Waals surface area contributed by atoms with Crippen LogP contribution in [0.15, 0.2) is 24.3 Å². The van der Waals surface area contributed by atoms with E-state index in [4.69, 9.17) is 11.6 Å². The highest BCUT2D eigenvalue weighted by Crippen LogP contribution is 2.42. The fraction of sp³-hybridized carbons (Fsp3) is 0.412. The summed E-state index contributed by atoms with van der Waals surface area (Å²) in [5, 5.41) is 15.8. The molecule has 0 aliphatic carbocycles. The lowest BCUT2D eigenvalue weighted by Gasteiger charge is -2.34. The Morgan fingerprint density at radius 1 is 1.21 bits per heavy atom. The summed E-state index contributed by atoms with van der Waals surface area (Å²) in [5.74, 6) is 0.835. The number of benzene rings is 1. The number of hydrogen-bond donors (Lipinski definition) is 1. The van der Waals surface area contributed by atoms with Crippen molar-refractivity contribution in [2.75, 3.05) is 13.1 Å². The fourth-order valence-corrected chi connectivity index (χ4v) is 4.80. The second-order valence-electron chi connectivity index (χ2n) is 6.16. The number of aromatic nitrogens is 3. The minimum atomic E-state index is -0.0622. The maximum absolute atomic E-state index is 10.8. The van der Waals surface area contributed by atoms with Gasteiger partial charge >= 0.3 is 0 Å². The van der Waals surface area contributed by atoms with Crippen molar-refractivity contribution in [3.63, 3.8) is 0 Å². The molecule has 7 heteroatoms. The van der Waals surface area contributed by atoms with Crippen molar-refractivity contribution in [1.29, 1.82) is 0 Å². The van der Waals surface area contributed by atoms with Crippen LogP contribution in [0.5, 0.6) is 5.88 Å². The average molecular weight is 363 g/mol. The van der Waals surface area contributed by atoms with Gasteiger partial charge in [-0.2, -0.15) is 4.52 Å². The molecule has 1 aliphatic heterocycles. The predicted octanol–water partition coefficient (Wildman–Crippen LogP) is 4.03. The summed E-state index contributed by atoms with van der Waals surface area (Å²) < 4.78 is 1.53. The second-order valence-corrected chi connectivity index (χ2v) is 7.58. The van der Waals surface area contributed by atoms with Gasteiger partial charge in [0.1, 0.15) is 5.82 Å². The molecule has 1 fully saturated rings. The van der Waals surface area contributed by atoms with Gasteiger partial charge in [0.05, 0.1) is 10.9 Å². The lowest BCUT2D eigenvalue weighted by Crippen LogP contribution is -2.34. The maximum Gasteiger partial charge on any atom is 0.230 e. The maximum atomic E-state index is 10.8. The quantitative estimate of drug-likeness (QED) is 0.764. The smallest absolute Gasteiger partial charge is 0.230 e. The van der Waals surface area contributed by atoms with E-state index in [1.807, 2.05) is 31.2 Å². The van der Waals surface area contributed by atoms with Gasteiger partial charge < -0.3 is 5.11 Å². The number of aromatic hydroxyl groups is 1. The van der Waals surface area contributed by atoms with Crippen LogP contribution >= 0.6 is 22.9 Å². The summed E-state index contributed by atoms with van der Waals surface area (Å²) in [7, 11) is 0. The Bertz CT molecular complexity index is 869. The van der Waals surface area contributed by atoms with E-state index in [2.05, 4.69) is 15.0 Å². The number of hydrogen-bond acceptors (Lipinski definition) is 5. The first-order valence-corrected chi connectivity index (χ1v) is 9.38. The third-order valence-corrected chi connectivity index (χ3v) is 5.93. The number of likely N-dealkylation sites (tertiary alicyclic amines) is 1. The first kappa shape index (κ1) is 15.9. The van der Waals surface area contributed by atoms with Crippen molar-refractivity contribution in [2.24, 2.45) is 0 Å². The number of aryl methyl sites for hydroxylation is 1. The van der Waals surface area contributed by atoms with Gasteiger partial charge in [0.2, 0.25) is 10.8 Å². The van der Waals surface area contributed by atoms with Gasteiger partial charge in [-0.1, -0.05) is 47.6 Å². The zero-order valence-electron chi connectivity index (χ0n) is 13.4. The van der Waals surface area contributed by atoms with Gasteiger partial charge in [-0.05, 0) is 44.5 Å². The van der Waals surface area contributed by atoms with Crippen LogP contribution < -0.4 is 0 Å². The largest absolute Gasteiger partial charge is 0.492 e. The number of fused-ring (bicyclic) bond motifs is 1. The van der Waals surface area contributed by atoms with Crippen LogP contribution in [0.1, 0.15) is 41.6 Å².